The van der Waals surface area contributed by atoms with Crippen molar-refractivity contribution in [3.05, 3.63) is 64.2 Å². The van der Waals surface area contributed by atoms with Crippen molar-refractivity contribution in [3.8, 4) is 10.4 Å². The molecule has 1 radical (unpaired) electrons. The molecule has 0 amide bonds. The Bertz CT molecular complexity index is 1110. The van der Waals surface area contributed by atoms with Crippen LogP contribution in [0.5, 0.6) is 0 Å². The van der Waals surface area contributed by atoms with Crippen LogP contribution in [0.25, 0.3) is 21.2 Å². The van der Waals surface area contributed by atoms with Gasteiger partial charge in [0.2, 0.25) is 0 Å². The lowest BCUT2D eigenvalue weighted by Crippen LogP contribution is -2.21. The third kappa shape index (κ3) is 3.51. The van der Waals surface area contributed by atoms with Gasteiger partial charge in [0, 0.05) is 9.75 Å². The van der Waals surface area contributed by atoms with Gasteiger partial charge in [-0.1, -0.05) is 24.6 Å². The fourth-order valence-electron chi connectivity index (χ4n) is 3.42. The highest BCUT2D eigenvalue weighted by Gasteiger charge is 2.32. The second kappa shape index (κ2) is 7.09. The molecule has 1 fully saturated rings. The Balaban J connectivity index is 1.67. The number of thiophene rings is 1. The number of carbonyl (C=O) groups excluding carboxylic acids is 1. The number of sulfone groups is 1. The maximum atomic E-state index is 12.3. The van der Waals surface area contributed by atoms with E-state index in [0.717, 1.165) is 38.9 Å². The molecule has 1 aromatic heterocycles. The van der Waals surface area contributed by atoms with Crippen LogP contribution < -0.4 is 0 Å². The number of esters is 1. The minimum absolute atomic E-state index is 0.258. The summed E-state index contributed by atoms with van der Waals surface area (Å²) in [6, 6.07) is 15.4. The van der Waals surface area contributed by atoms with E-state index in [1.165, 1.54) is 18.4 Å². The average Bonchev–Trinajstić information content (AvgIpc) is 3.16. The minimum atomic E-state index is -3.11. The van der Waals surface area contributed by atoms with E-state index in [4.69, 9.17) is 4.74 Å². The lowest BCUT2D eigenvalue weighted by Gasteiger charge is -2.19. The second-order valence-corrected chi connectivity index (χ2v) is 9.85. The molecule has 4 rings (SSSR count). The van der Waals surface area contributed by atoms with E-state index in [0.29, 0.717) is 17.2 Å². The maximum Gasteiger partial charge on any atom is 0.337 e. The maximum absolute atomic E-state index is 12.3. The smallest absolute Gasteiger partial charge is 0.337 e. The van der Waals surface area contributed by atoms with Gasteiger partial charge in [-0.2, -0.15) is 0 Å². The van der Waals surface area contributed by atoms with Gasteiger partial charge in [-0.05, 0) is 59.5 Å². The molecular weight excluding hydrogens is 380 g/mol. The van der Waals surface area contributed by atoms with Gasteiger partial charge < -0.3 is 4.74 Å². The Labute approximate surface area is 162 Å². The Hall–Kier alpha value is -2.18. The molecule has 0 unspecified atom stereocenters. The number of rotatable bonds is 3. The van der Waals surface area contributed by atoms with Crippen molar-refractivity contribution in [2.45, 2.75) is 19.3 Å². The number of benzene rings is 2. The van der Waals surface area contributed by atoms with Crippen LogP contribution in [-0.4, -0.2) is 27.2 Å². The highest BCUT2D eigenvalue weighted by atomic mass is 32.2. The van der Waals surface area contributed by atoms with Crippen molar-refractivity contribution >= 4 is 37.9 Å². The third-order valence-electron chi connectivity index (χ3n) is 4.87. The van der Waals surface area contributed by atoms with Crippen molar-refractivity contribution in [3.63, 3.8) is 0 Å². The first kappa shape index (κ1) is 18.2. The molecular formula is C21H19O4S2. The summed E-state index contributed by atoms with van der Waals surface area (Å²) in [4.78, 5) is 13.6. The van der Waals surface area contributed by atoms with Gasteiger partial charge in [0.25, 0.3) is 0 Å². The number of fused-ring (bicyclic) bond motifs is 1. The lowest BCUT2D eigenvalue weighted by molar-refractivity contribution is 0.0601. The molecule has 2 aromatic carbocycles. The van der Waals surface area contributed by atoms with E-state index in [-0.39, 0.29) is 11.7 Å². The summed E-state index contributed by atoms with van der Waals surface area (Å²) in [5, 5.41) is 2.57. The number of ether oxygens (including phenoxy) is 1. The highest BCUT2D eigenvalue weighted by molar-refractivity contribution is 7.94. The number of carbonyl (C=O) groups is 1. The molecule has 27 heavy (non-hydrogen) atoms. The van der Waals surface area contributed by atoms with Crippen molar-refractivity contribution in [2.75, 3.05) is 12.9 Å². The lowest BCUT2D eigenvalue weighted by atomic mass is 10.0. The molecule has 0 spiro atoms. The quantitative estimate of drug-likeness (QED) is 0.592. The summed E-state index contributed by atoms with van der Waals surface area (Å²) in [6.45, 7) is 0. The van der Waals surface area contributed by atoms with Gasteiger partial charge in [0.05, 0.1) is 18.4 Å². The van der Waals surface area contributed by atoms with E-state index in [9.17, 15) is 13.2 Å². The van der Waals surface area contributed by atoms with Crippen molar-refractivity contribution in [1.82, 2.24) is 0 Å². The average molecular weight is 400 g/mol. The highest BCUT2D eigenvalue weighted by Crippen LogP contribution is 2.39. The first-order valence-electron chi connectivity index (χ1n) is 8.79. The summed E-state index contributed by atoms with van der Waals surface area (Å²) in [5.41, 5.74) is 1.56. The predicted octanol–water partition coefficient (Wildman–Crippen LogP) is 4.83. The molecule has 139 valence electrons. The van der Waals surface area contributed by atoms with Gasteiger partial charge in [0.15, 0.2) is 9.84 Å². The second-order valence-electron chi connectivity index (χ2n) is 6.63. The Morgan fingerprint density at radius 2 is 1.70 bits per heavy atom. The van der Waals surface area contributed by atoms with E-state index in [1.54, 1.807) is 6.07 Å². The van der Waals surface area contributed by atoms with Crippen LogP contribution in [0.15, 0.2) is 48.5 Å². The zero-order valence-corrected chi connectivity index (χ0v) is 16.5. The molecule has 0 bridgehead atoms. The van der Waals surface area contributed by atoms with Crippen molar-refractivity contribution < 1.29 is 17.9 Å². The summed E-state index contributed by atoms with van der Waals surface area (Å²) in [6.07, 6.45) is 2.32. The van der Waals surface area contributed by atoms with Gasteiger partial charge in [-0.25, -0.2) is 13.2 Å². The zero-order chi connectivity index (χ0) is 19.0. The standard InChI is InChI=1S/C21H19O4S2/c1-25-21(22)17-8-6-14-12-16(7-5-15(14)13-17)18-9-10-19(26-18)20-4-2-3-11-27(20,23)24/h5-10,12-13H,2-4,11H2,1H3. The first-order valence-corrected chi connectivity index (χ1v) is 11.3. The van der Waals surface area contributed by atoms with Crippen LogP contribution in [0.3, 0.4) is 0 Å². The van der Waals surface area contributed by atoms with Crippen LogP contribution in [-0.2, 0) is 14.6 Å². The van der Waals surface area contributed by atoms with E-state index in [1.807, 2.05) is 36.4 Å². The topological polar surface area (TPSA) is 60.4 Å². The molecule has 0 atom stereocenters. The molecule has 1 aliphatic heterocycles. The number of hydrogen-bond acceptors (Lipinski definition) is 5. The van der Waals surface area contributed by atoms with Crippen molar-refractivity contribution in [2.24, 2.45) is 0 Å². The molecule has 2 heterocycles. The predicted molar refractivity (Wildman–Crippen MR) is 109 cm³/mol. The minimum Gasteiger partial charge on any atom is -0.465 e. The van der Waals surface area contributed by atoms with E-state index in [2.05, 4.69) is 6.07 Å². The van der Waals surface area contributed by atoms with Crippen LogP contribution in [0.4, 0.5) is 0 Å². The molecule has 0 N–H and O–H groups in total. The largest absolute Gasteiger partial charge is 0.465 e. The molecule has 3 aromatic rings. The Kier molecular flexibility index (Phi) is 4.78. The Morgan fingerprint density at radius 3 is 2.48 bits per heavy atom. The SMILES string of the molecule is COC(=O)c1ccc2cc(-c3ccc([C]4CCCCS4(=O)=O)s3)ccc2c1. The van der Waals surface area contributed by atoms with Crippen molar-refractivity contribution in [1.29, 1.82) is 0 Å². The van der Waals surface area contributed by atoms with Gasteiger partial charge in [-0.15, -0.1) is 11.3 Å². The molecule has 0 saturated carbocycles. The van der Waals surface area contributed by atoms with E-state index < -0.39 is 9.84 Å². The molecule has 1 aliphatic rings. The fourth-order valence-corrected chi connectivity index (χ4v) is 6.56. The third-order valence-corrected chi connectivity index (χ3v) is 8.19. The van der Waals surface area contributed by atoms with Gasteiger partial charge >= 0.3 is 5.97 Å². The van der Waals surface area contributed by atoms with Gasteiger partial charge in [0.1, 0.15) is 5.25 Å². The zero-order valence-electron chi connectivity index (χ0n) is 14.9. The monoisotopic (exact) mass is 399 g/mol. The summed E-state index contributed by atoms with van der Waals surface area (Å²) in [5.74, 6) is -0.0942. The fraction of sp³-hybridized carbons (Fsp3) is 0.238. The van der Waals surface area contributed by atoms with Crippen LogP contribution in [0, 0.1) is 5.25 Å². The summed E-state index contributed by atoms with van der Waals surface area (Å²) < 4.78 is 29.5. The van der Waals surface area contributed by atoms with Crippen LogP contribution in [0.2, 0.25) is 0 Å². The van der Waals surface area contributed by atoms with Crippen LogP contribution >= 0.6 is 11.3 Å². The normalized spacial score (nSPS) is 17.1. The number of hydrogen-bond donors (Lipinski definition) is 0. The summed E-state index contributed by atoms with van der Waals surface area (Å²) in [7, 11) is -1.74. The molecule has 1 saturated heterocycles. The number of methoxy groups -OCH3 is 1. The molecule has 6 heteroatoms. The van der Waals surface area contributed by atoms with E-state index >= 15 is 0 Å². The Morgan fingerprint density at radius 1 is 0.963 bits per heavy atom. The molecule has 0 aliphatic carbocycles. The van der Waals surface area contributed by atoms with Gasteiger partial charge in [-0.3, -0.25) is 0 Å². The van der Waals surface area contributed by atoms with Crippen LogP contribution in [0.1, 0.15) is 34.5 Å². The summed E-state index contributed by atoms with van der Waals surface area (Å²) >= 11 is 1.52. The first-order chi connectivity index (χ1) is 13.0. The molecule has 4 nitrogen and oxygen atoms in total.